The molecule has 0 fully saturated rings. The van der Waals surface area contributed by atoms with Gasteiger partial charge in [-0.25, -0.2) is 0 Å². The Kier molecular flexibility index (Phi) is 3.06. The highest BCUT2D eigenvalue weighted by Crippen LogP contribution is 2.23. The largest absolute Gasteiger partial charge is 0.370 e. The molecule has 5 heteroatoms. The summed E-state index contributed by atoms with van der Waals surface area (Å²) in [4.78, 5) is 15.5. The molecule has 0 radical (unpaired) electrons. The van der Waals surface area contributed by atoms with Crippen molar-refractivity contribution >= 4 is 22.8 Å². The van der Waals surface area contributed by atoms with Crippen LogP contribution in [-0.4, -0.2) is 16.4 Å². The summed E-state index contributed by atoms with van der Waals surface area (Å²) in [5.41, 5.74) is 12.0. The number of rotatable bonds is 2. The average molecular weight is 244 g/mol. The van der Waals surface area contributed by atoms with Gasteiger partial charge in [-0.05, 0) is 32.0 Å². The molecule has 0 aliphatic heterocycles. The van der Waals surface area contributed by atoms with Crippen molar-refractivity contribution in [3.05, 3.63) is 36.0 Å². The van der Waals surface area contributed by atoms with Gasteiger partial charge in [-0.1, -0.05) is 6.07 Å². The van der Waals surface area contributed by atoms with Crippen molar-refractivity contribution in [1.29, 1.82) is 0 Å². The minimum absolute atomic E-state index is 0.222. The van der Waals surface area contributed by atoms with E-state index in [1.54, 1.807) is 6.07 Å². The van der Waals surface area contributed by atoms with Crippen LogP contribution in [0.1, 0.15) is 30.2 Å². The number of aliphatic imine (C=N–C) groups is 1. The zero-order chi connectivity index (χ0) is 13.3. The van der Waals surface area contributed by atoms with Crippen LogP contribution in [0, 0.1) is 0 Å². The standard InChI is InChI=1S/C13H16N4O/c1-8(2)17-7-6-9-10(4-3-5-11(9)17)12(18)16-13(14)15/h3-8H,1-2H3,(H4,14,15,16,18). The molecule has 2 aromatic rings. The van der Waals surface area contributed by atoms with E-state index in [9.17, 15) is 4.79 Å². The van der Waals surface area contributed by atoms with Gasteiger partial charge < -0.3 is 16.0 Å². The van der Waals surface area contributed by atoms with Gasteiger partial charge in [0.1, 0.15) is 0 Å². The number of guanidine groups is 1. The van der Waals surface area contributed by atoms with Gasteiger partial charge in [-0.15, -0.1) is 0 Å². The van der Waals surface area contributed by atoms with Crippen LogP contribution in [-0.2, 0) is 0 Å². The first kappa shape index (κ1) is 12.2. The monoisotopic (exact) mass is 244 g/mol. The number of amides is 1. The fourth-order valence-electron chi connectivity index (χ4n) is 2.00. The maximum Gasteiger partial charge on any atom is 0.280 e. The molecule has 0 aliphatic carbocycles. The number of hydrogen-bond acceptors (Lipinski definition) is 1. The first-order valence-electron chi connectivity index (χ1n) is 5.74. The number of carbonyl (C=O) groups excluding carboxylic acids is 1. The van der Waals surface area contributed by atoms with Crippen LogP contribution in [0.25, 0.3) is 10.9 Å². The number of hydrogen-bond donors (Lipinski definition) is 2. The van der Waals surface area contributed by atoms with Crippen LogP contribution >= 0.6 is 0 Å². The second-order valence-corrected chi connectivity index (χ2v) is 4.40. The average Bonchev–Trinajstić information content (AvgIpc) is 2.71. The summed E-state index contributed by atoms with van der Waals surface area (Å²) in [6, 6.07) is 7.76. The molecule has 0 atom stereocenters. The van der Waals surface area contributed by atoms with Crippen molar-refractivity contribution < 1.29 is 4.79 Å². The minimum Gasteiger partial charge on any atom is -0.370 e. The molecule has 5 nitrogen and oxygen atoms in total. The van der Waals surface area contributed by atoms with Gasteiger partial charge in [0.2, 0.25) is 0 Å². The van der Waals surface area contributed by atoms with E-state index in [1.807, 2.05) is 24.4 Å². The molecule has 2 rings (SSSR count). The van der Waals surface area contributed by atoms with Crippen LogP contribution in [0.5, 0.6) is 0 Å². The Bertz CT molecular complexity index is 621. The lowest BCUT2D eigenvalue weighted by atomic mass is 10.1. The number of nitrogens with two attached hydrogens (primary N) is 2. The molecular formula is C13H16N4O. The summed E-state index contributed by atoms with van der Waals surface area (Å²) < 4.78 is 2.10. The molecule has 1 aromatic heterocycles. The number of nitrogens with zero attached hydrogens (tertiary/aromatic N) is 2. The Morgan fingerprint density at radius 2 is 2.00 bits per heavy atom. The molecule has 0 spiro atoms. The van der Waals surface area contributed by atoms with Crippen molar-refractivity contribution in [1.82, 2.24) is 4.57 Å². The molecule has 1 amide bonds. The van der Waals surface area contributed by atoms with Gasteiger partial charge >= 0.3 is 0 Å². The Hall–Kier alpha value is -2.30. The molecule has 1 aromatic carbocycles. The molecule has 0 saturated heterocycles. The smallest absolute Gasteiger partial charge is 0.280 e. The van der Waals surface area contributed by atoms with E-state index in [2.05, 4.69) is 23.4 Å². The number of carbonyl (C=O) groups is 1. The van der Waals surface area contributed by atoms with Gasteiger partial charge in [0, 0.05) is 23.1 Å². The van der Waals surface area contributed by atoms with E-state index in [0.717, 1.165) is 10.9 Å². The summed E-state index contributed by atoms with van der Waals surface area (Å²) in [5.74, 6) is -0.637. The lowest BCUT2D eigenvalue weighted by molar-refractivity contribution is 0.100. The predicted octanol–water partition coefficient (Wildman–Crippen LogP) is 1.64. The third kappa shape index (κ3) is 2.07. The first-order valence-corrected chi connectivity index (χ1v) is 5.74. The van der Waals surface area contributed by atoms with Crippen molar-refractivity contribution in [2.45, 2.75) is 19.9 Å². The molecule has 0 saturated carbocycles. The van der Waals surface area contributed by atoms with Crippen molar-refractivity contribution in [3.8, 4) is 0 Å². The molecular weight excluding hydrogens is 228 g/mol. The van der Waals surface area contributed by atoms with Crippen LogP contribution in [0.4, 0.5) is 0 Å². The molecule has 0 bridgehead atoms. The highest BCUT2D eigenvalue weighted by molar-refractivity contribution is 6.10. The topological polar surface area (TPSA) is 86.4 Å². The van der Waals surface area contributed by atoms with E-state index in [-0.39, 0.29) is 5.96 Å². The van der Waals surface area contributed by atoms with E-state index in [1.165, 1.54) is 0 Å². The van der Waals surface area contributed by atoms with E-state index in [0.29, 0.717) is 11.6 Å². The SMILES string of the molecule is CC(C)n1ccc2c(C(=O)N=C(N)N)cccc21. The minimum atomic E-state index is -0.415. The molecule has 18 heavy (non-hydrogen) atoms. The van der Waals surface area contributed by atoms with Crippen molar-refractivity contribution in [2.24, 2.45) is 16.5 Å². The maximum absolute atomic E-state index is 11.9. The summed E-state index contributed by atoms with van der Waals surface area (Å²) in [6.07, 6.45) is 1.96. The lowest BCUT2D eigenvalue weighted by Crippen LogP contribution is -2.24. The molecule has 0 aliphatic rings. The normalized spacial score (nSPS) is 10.8. The third-order valence-corrected chi connectivity index (χ3v) is 2.78. The predicted molar refractivity (Wildman–Crippen MR) is 72.5 cm³/mol. The van der Waals surface area contributed by atoms with Crippen LogP contribution in [0.2, 0.25) is 0 Å². The zero-order valence-corrected chi connectivity index (χ0v) is 10.4. The summed E-state index contributed by atoms with van der Waals surface area (Å²) in [6.45, 7) is 4.17. The molecule has 1 heterocycles. The van der Waals surface area contributed by atoms with Crippen LogP contribution in [0.15, 0.2) is 35.5 Å². The van der Waals surface area contributed by atoms with Crippen LogP contribution in [0.3, 0.4) is 0 Å². The van der Waals surface area contributed by atoms with Gasteiger partial charge in [0.25, 0.3) is 5.91 Å². The fraction of sp³-hybridized carbons (Fsp3) is 0.231. The number of aromatic nitrogens is 1. The zero-order valence-electron chi connectivity index (χ0n) is 10.4. The van der Waals surface area contributed by atoms with Gasteiger partial charge in [-0.2, -0.15) is 4.99 Å². The lowest BCUT2D eigenvalue weighted by Gasteiger charge is -2.09. The quantitative estimate of drug-likeness (QED) is 0.622. The molecule has 4 N–H and O–H groups in total. The van der Waals surface area contributed by atoms with Crippen molar-refractivity contribution in [2.75, 3.05) is 0 Å². The second-order valence-electron chi connectivity index (χ2n) is 4.40. The highest BCUT2D eigenvalue weighted by Gasteiger charge is 2.12. The summed E-state index contributed by atoms with van der Waals surface area (Å²) in [7, 11) is 0. The molecule has 0 unspecified atom stereocenters. The second kappa shape index (κ2) is 4.52. The Morgan fingerprint density at radius 3 is 2.61 bits per heavy atom. The summed E-state index contributed by atoms with van der Waals surface area (Å²) in [5, 5.41) is 0.862. The van der Waals surface area contributed by atoms with E-state index >= 15 is 0 Å². The van der Waals surface area contributed by atoms with Gasteiger partial charge in [0.05, 0.1) is 5.56 Å². The Balaban J connectivity index is 2.60. The highest BCUT2D eigenvalue weighted by atomic mass is 16.1. The number of fused-ring (bicyclic) bond motifs is 1. The maximum atomic E-state index is 11.9. The Labute approximate surface area is 105 Å². The first-order chi connectivity index (χ1) is 8.50. The number of benzene rings is 1. The van der Waals surface area contributed by atoms with Crippen molar-refractivity contribution in [3.63, 3.8) is 0 Å². The summed E-state index contributed by atoms with van der Waals surface area (Å²) >= 11 is 0. The van der Waals surface area contributed by atoms with E-state index in [4.69, 9.17) is 11.5 Å². The Morgan fingerprint density at radius 1 is 1.28 bits per heavy atom. The third-order valence-electron chi connectivity index (χ3n) is 2.78. The van der Waals surface area contributed by atoms with Gasteiger partial charge in [0.15, 0.2) is 5.96 Å². The van der Waals surface area contributed by atoms with E-state index < -0.39 is 5.91 Å². The fourth-order valence-corrected chi connectivity index (χ4v) is 2.00. The van der Waals surface area contributed by atoms with Crippen LogP contribution < -0.4 is 11.5 Å². The molecule has 94 valence electrons. The van der Waals surface area contributed by atoms with Gasteiger partial charge in [-0.3, -0.25) is 4.79 Å².